The topological polar surface area (TPSA) is 103 Å². The van der Waals surface area contributed by atoms with E-state index in [1.807, 2.05) is 0 Å². The molecule has 1 atom stereocenters. The summed E-state index contributed by atoms with van der Waals surface area (Å²) in [4.78, 5) is 41.6. The highest BCUT2D eigenvalue weighted by Gasteiger charge is 2.34. The van der Waals surface area contributed by atoms with Crippen LogP contribution in [-0.4, -0.2) is 46.7 Å². The number of pyridine rings is 1. The normalized spacial score (nSPS) is 16.1. The lowest BCUT2D eigenvalue weighted by atomic mass is 10.1. The van der Waals surface area contributed by atoms with Crippen molar-refractivity contribution in [2.24, 2.45) is 5.73 Å². The van der Waals surface area contributed by atoms with E-state index in [2.05, 4.69) is 4.98 Å². The molecule has 1 fully saturated rings. The van der Waals surface area contributed by atoms with Gasteiger partial charge in [0.2, 0.25) is 5.91 Å². The Morgan fingerprint density at radius 2 is 1.94 bits per heavy atom. The van der Waals surface area contributed by atoms with E-state index in [9.17, 15) is 27.6 Å². The van der Waals surface area contributed by atoms with Crippen molar-refractivity contribution in [2.45, 2.75) is 37.9 Å². The Kier molecular flexibility index (Phi) is 7.12. The monoisotopic (exact) mass is 449 g/mol. The highest BCUT2D eigenvalue weighted by atomic mass is 19.4. The zero-order valence-electron chi connectivity index (χ0n) is 17.1. The van der Waals surface area contributed by atoms with Gasteiger partial charge >= 0.3 is 6.18 Å². The summed E-state index contributed by atoms with van der Waals surface area (Å²) in [5, 5.41) is 0. The minimum atomic E-state index is -4.54. The first kappa shape index (κ1) is 23.2. The Morgan fingerprint density at radius 1 is 1.16 bits per heavy atom. The standard InChI is InChI=1S/C22H22F3N3O4/c23-22(24,25)15-5-1-4-14(12-15)21(31)28-11-3-6-16(28)13-32-18-7-2-10-27-20(18)17(29)8-9-19(26)30/h1-2,4-5,7,10,12,16H,3,6,8-9,11,13H2,(H2,26,30)/t16-/m1/s1. The van der Waals surface area contributed by atoms with Gasteiger partial charge < -0.3 is 15.4 Å². The van der Waals surface area contributed by atoms with Gasteiger partial charge in [0.15, 0.2) is 5.78 Å². The molecule has 1 saturated heterocycles. The zero-order valence-corrected chi connectivity index (χ0v) is 17.1. The van der Waals surface area contributed by atoms with Gasteiger partial charge in [0.05, 0.1) is 11.6 Å². The van der Waals surface area contributed by atoms with Gasteiger partial charge in [0.1, 0.15) is 18.1 Å². The summed E-state index contributed by atoms with van der Waals surface area (Å²) >= 11 is 0. The molecule has 10 heteroatoms. The fourth-order valence-corrected chi connectivity index (χ4v) is 3.53. The minimum Gasteiger partial charge on any atom is -0.489 e. The van der Waals surface area contributed by atoms with Gasteiger partial charge in [0, 0.05) is 31.1 Å². The van der Waals surface area contributed by atoms with E-state index in [1.54, 1.807) is 12.1 Å². The Morgan fingerprint density at radius 3 is 2.66 bits per heavy atom. The molecule has 2 aromatic rings. The first-order valence-corrected chi connectivity index (χ1v) is 10.0. The predicted octanol–water partition coefficient (Wildman–Crippen LogP) is 3.23. The van der Waals surface area contributed by atoms with Crippen LogP contribution in [-0.2, 0) is 11.0 Å². The van der Waals surface area contributed by atoms with Crippen LogP contribution in [0, 0.1) is 0 Å². The number of primary amides is 1. The minimum absolute atomic E-state index is 0.0459. The van der Waals surface area contributed by atoms with Crippen molar-refractivity contribution in [3.05, 3.63) is 59.4 Å². The van der Waals surface area contributed by atoms with Crippen molar-refractivity contribution < 1.29 is 32.3 Å². The molecule has 2 N–H and O–H groups in total. The average molecular weight is 449 g/mol. The van der Waals surface area contributed by atoms with Crippen LogP contribution in [0.2, 0.25) is 0 Å². The van der Waals surface area contributed by atoms with Gasteiger partial charge in [-0.1, -0.05) is 6.07 Å². The van der Waals surface area contributed by atoms with Crippen LogP contribution >= 0.6 is 0 Å². The molecule has 32 heavy (non-hydrogen) atoms. The number of ketones is 1. The molecule has 1 aliphatic heterocycles. The second-order valence-electron chi connectivity index (χ2n) is 7.42. The molecule has 2 amide bonds. The lowest BCUT2D eigenvalue weighted by Gasteiger charge is -2.25. The molecule has 7 nitrogen and oxygen atoms in total. The number of amides is 2. The predicted molar refractivity (Wildman–Crippen MR) is 108 cm³/mol. The zero-order chi connectivity index (χ0) is 23.3. The van der Waals surface area contributed by atoms with E-state index in [1.165, 1.54) is 23.2 Å². The number of nitrogens with two attached hydrogens (primary N) is 1. The molecule has 170 valence electrons. The van der Waals surface area contributed by atoms with Crippen LogP contribution in [0.3, 0.4) is 0 Å². The second kappa shape index (κ2) is 9.80. The number of carbonyl (C=O) groups is 3. The van der Waals surface area contributed by atoms with Crippen LogP contribution in [0.5, 0.6) is 5.75 Å². The smallest absolute Gasteiger partial charge is 0.416 e. The molecule has 1 aromatic carbocycles. The quantitative estimate of drug-likeness (QED) is 0.624. The molecular weight excluding hydrogens is 427 g/mol. The first-order chi connectivity index (χ1) is 15.2. The van der Waals surface area contributed by atoms with E-state index in [-0.39, 0.29) is 42.5 Å². The Labute approximate surface area is 182 Å². The number of nitrogens with zero attached hydrogens (tertiary/aromatic N) is 2. The van der Waals surface area contributed by atoms with Crippen molar-refractivity contribution in [1.82, 2.24) is 9.88 Å². The fourth-order valence-electron chi connectivity index (χ4n) is 3.53. The maximum absolute atomic E-state index is 13.0. The van der Waals surface area contributed by atoms with Gasteiger partial charge in [-0.15, -0.1) is 0 Å². The third-order valence-electron chi connectivity index (χ3n) is 5.14. The number of rotatable bonds is 8. The number of halogens is 3. The number of aromatic nitrogens is 1. The number of hydrogen-bond donors (Lipinski definition) is 1. The molecule has 1 aliphatic rings. The summed E-state index contributed by atoms with van der Waals surface area (Å²) in [6.45, 7) is 0.438. The summed E-state index contributed by atoms with van der Waals surface area (Å²) in [5.74, 6) is -1.30. The van der Waals surface area contributed by atoms with Crippen LogP contribution in [0.4, 0.5) is 13.2 Å². The lowest BCUT2D eigenvalue weighted by Crippen LogP contribution is -2.39. The summed E-state index contributed by atoms with van der Waals surface area (Å²) in [6, 6.07) is 7.08. The lowest BCUT2D eigenvalue weighted by molar-refractivity contribution is -0.137. The first-order valence-electron chi connectivity index (χ1n) is 10.0. The van der Waals surface area contributed by atoms with Crippen molar-refractivity contribution in [3.8, 4) is 5.75 Å². The average Bonchev–Trinajstić information content (AvgIpc) is 3.23. The molecule has 0 aliphatic carbocycles. The van der Waals surface area contributed by atoms with Crippen molar-refractivity contribution >= 4 is 17.6 Å². The highest BCUT2D eigenvalue weighted by molar-refractivity contribution is 5.98. The molecule has 2 heterocycles. The van der Waals surface area contributed by atoms with Gasteiger partial charge in [0.25, 0.3) is 5.91 Å². The summed E-state index contributed by atoms with van der Waals surface area (Å²) in [5.41, 5.74) is 4.21. The van der Waals surface area contributed by atoms with Crippen LogP contribution in [0.25, 0.3) is 0 Å². The molecular formula is C22H22F3N3O4. The third kappa shape index (κ3) is 5.63. The maximum atomic E-state index is 13.0. The van der Waals surface area contributed by atoms with Crippen molar-refractivity contribution in [2.75, 3.05) is 13.2 Å². The number of benzene rings is 1. The second-order valence-corrected chi connectivity index (χ2v) is 7.42. The van der Waals surface area contributed by atoms with E-state index < -0.39 is 29.3 Å². The number of hydrogen-bond acceptors (Lipinski definition) is 5. The van der Waals surface area contributed by atoms with Gasteiger partial charge in [-0.05, 0) is 43.2 Å². The van der Waals surface area contributed by atoms with Gasteiger partial charge in [-0.3, -0.25) is 14.4 Å². The molecule has 0 saturated carbocycles. The van der Waals surface area contributed by atoms with Crippen molar-refractivity contribution in [1.29, 1.82) is 0 Å². The largest absolute Gasteiger partial charge is 0.489 e. The summed E-state index contributed by atoms with van der Waals surface area (Å²) in [6.07, 6.45) is -2.06. The van der Waals surface area contributed by atoms with Crippen LogP contribution < -0.4 is 10.5 Å². The molecule has 0 radical (unpaired) electrons. The fraction of sp³-hybridized carbons (Fsp3) is 0.364. The summed E-state index contributed by atoms with van der Waals surface area (Å²) < 4.78 is 44.7. The molecule has 0 spiro atoms. The van der Waals surface area contributed by atoms with E-state index >= 15 is 0 Å². The van der Waals surface area contributed by atoms with E-state index in [0.29, 0.717) is 19.4 Å². The maximum Gasteiger partial charge on any atom is 0.416 e. The van der Waals surface area contributed by atoms with Gasteiger partial charge in [-0.25, -0.2) is 4.98 Å². The number of Topliss-reactive ketones (excluding diaryl/α,β-unsaturated/α-hetero) is 1. The van der Waals surface area contributed by atoms with E-state index in [4.69, 9.17) is 10.5 Å². The van der Waals surface area contributed by atoms with Crippen LogP contribution in [0.1, 0.15) is 52.1 Å². The number of ether oxygens (including phenoxy) is 1. The Hall–Kier alpha value is -3.43. The summed E-state index contributed by atoms with van der Waals surface area (Å²) in [7, 11) is 0. The Balaban J connectivity index is 1.70. The highest BCUT2D eigenvalue weighted by Crippen LogP contribution is 2.30. The molecule has 0 bridgehead atoms. The Bertz CT molecular complexity index is 1010. The van der Waals surface area contributed by atoms with Crippen LogP contribution in [0.15, 0.2) is 42.6 Å². The van der Waals surface area contributed by atoms with Crippen molar-refractivity contribution in [3.63, 3.8) is 0 Å². The SMILES string of the molecule is NC(=O)CCC(=O)c1ncccc1OC[C@H]1CCCN1C(=O)c1cccc(C(F)(F)F)c1. The number of carbonyl (C=O) groups excluding carboxylic acids is 3. The molecule has 3 rings (SSSR count). The van der Waals surface area contributed by atoms with Gasteiger partial charge in [-0.2, -0.15) is 13.2 Å². The number of alkyl halides is 3. The van der Waals surface area contributed by atoms with E-state index in [0.717, 1.165) is 12.1 Å². The number of likely N-dealkylation sites (tertiary alicyclic amines) is 1. The molecule has 0 unspecified atom stereocenters. The third-order valence-corrected chi connectivity index (χ3v) is 5.14. The molecule has 1 aromatic heterocycles.